The van der Waals surface area contributed by atoms with Gasteiger partial charge in [0.15, 0.2) is 0 Å². The summed E-state index contributed by atoms with van der Waals surface area (Å²) in [6, 6.07) is 4.21. The molecule has 0 heterocycles. The summed E-state index contributed by atoms with van der Waals surface area (Å²) < 4.78 is 13.1. The third-order valence-electron chi connectivity index (χ3n) is 3.27. The summed E-state index contributed by atoms with van der Waals surface area (Å²) in [5.74, 6) is -0.570. The van der Waals surface area contributed by atoms with Gasteiger partial charge in [-0.2, -0.15) is 0 Å². The van der Waals surface area contributed by atoms with E-state index in [1.807, 2.05) is 0 Å². The fourth-order valence-electron chi connectivity index (χ4n) is 2.25. The molecule has 1 aliphatic carbocycles. The molecule has 0 aromatic heterocycles. The second kappa shape index (κ2) is 5.67. The van der Waals surface area contributed by atoms with Gasteiger partial charge in [0.05, 0.1) is 0 Å². The van der Waals surface area contributed by atoms with E-state index in [4.69, 9.17) is 17.3 Å². The van der Waals surface area contributed by atoms with Crippen LogP contribution in [0.1, 0.15) is 25.7 Å². The molecule has 0 radical (unpaired) electrons. The number of anilines is 1. The molecule has 1 aromatic carbocycles. The van der Waals surface area contributed by atoms with Gasteiger partial charge in [0.2, 0.25) is 5.91 Å². The summed E-state index contributed by atoms with van der Waals surface area (Å²) in [7, 11) is 0. The largest absolute Gasteiger partial charge is 0.328 e. The summed E-state index contributed by atoms with van der Waals surface area (Å²) in [6.45, 7) is 0. The van der Waals surface area contributed by atoms with Gasteiger partial charge in [-0.1, -0.05) is 11.6 Å². The van der Waals surface area contributed by atoms with E-state index in [1.54, 1.807) is 0 Å². The van der Waals surface area contributed by atoms with Gasteiger partial charge in [0.25, 0.3) is 0 Å². The molecule has 0 unspecified atom stereocenters. The van der Waals surface area contributed by atoms with Crippen LogP contribution in [0.15, 0.2) is 18.2 Å². The van der Waals surface area contributed by atoms with Crippen LogP contribution < -0.4 is 11.1 Å². The Morgan fingerprint density at radius 2 is 1.94 bits per heavy atom. The van der Waals surface area contributed by atoms with Gasteiger partial charge in [0.1, 0.15) is 5.82 Å². The summed E-state index contributed by atoms with van der Waals surface area (Å²) >= 11 is 5.73. The van der Waals surface area contributed by atoms with Crippen molar-refractivity contribution in [2.24, 2.45) is 11.7 Å². The lowest BCUT2D eigenvalue weighted by molar-refractivity contribution is -0.120. The molecule has 2 rings (SSSR count). The van der Waals surface area contributed by atoms with Crippen LogP contribution in [-0.2, 0) is 4.79 Å². The second-order valence-corrected chi connectivity index (χ2v) is 5.20. The van der Waals surface area contributed by atoms with Crippen LogP contribution in [0.5, 0.6) is 0 Å². The van der Waals surface area contributed by atoms with Crippen LogP contribution in [0.4, 0.5) is 10.1 Å². The lowest BCUT2D eigenvalue weighted by Gasteiger charge is -2.25. The van der Waals surface area contributed by atoms with E-state index < -0.39 is 5.82 Å². The van der Waals surface area contributed by atoms with E-state index in [-0.39, 0.29) is 22.9 Å². The van der Waals surface area contributed by atoms with Crippen molar-refractivity contribution < 1.29 is 9.18 Å². The maximum absolute atomic E-state index is 13.1. The van der Waals surface area contributed by atoms with E-state index in [0.717, 1.165) is 25.7 Å². The highest BCUT2D eigenvalue weighted by Gasteiger charge is 2.24. The zero-order chi connectivity index (χ0) is 13.1. The first-order valence-corrected chi connectivity index (χ1v) is 6.45. The average molecular weight is 271 g/mol. The SMILES string of the molecule is NC1CCC(C(=O)Nc2cc(F)cc(Cl)c2)CC1. The van der Waals surface area contributed by atoms with Crippen molar-refractivity contribution in [3.05, 3.63) is 29.0 Å². The molecule has 0 bridgehead atoms. The minimum Gasteiger partial charge on any atom is -0.328 e. The first-order valence-electron chi connectivity index (χ1n) is 6.07. The molecule has 98 valence electrons. The number of amides is 1. The highest BCUT2D eigenvalue weighted by Crippen LogP contribution is 2.25. The topological polar surface area (TPSA) is 55.1 Å². The summed E-state index contributed by atoms with van der Waals surface area (Å²) in [4.78, 5) is 12.0. The van der Waals surface area contributed by atoms with Crippen molar-refractivity contribution in [1.82, 2.24) is 0 Å². The molecule has 0 aliphatic heterocycles. The Morgan fingerprint density at radius 3 is 2.56 bits per heavy atom. The van der Waals surface area contributed by atoms with Crippen LogP contribution >= 0.6 is 11.6 Å². The number of carbonyl (C=O) groups is 1. The predicted octanol–water partition coefficient (Wildman–Crippen LogP) is 2.94. The lowest BCUT2D eigenvalue weighted by Crippen LogP contribution is -2.32. The molecule has 1 amide bonds. The van der Waals surface area contributed by atoms with Crippen molar-refractivity contribution in [2.45, 2.75) is 31.7 Å². The molecule has 1 aliphatic rings. The molecule has 3 nitrogen and oxygen atoms in total. The number of benzene rings is 1. The molecule has 3 N–H and O–H groups in total. The molecule has 1 aromatic rings. The van der Waals surface area contributed by atoms with Crippen LogP contribution in [-0.4, -0.2) is 11.9 Å². The van der Waals surface area contributed by atoms with Gasteiger partial charge in [-0.3, -0.25) is 4.79 Å². The third-order valence-corrected chi connectivity index (χ3v) is 3.49. The molecule has 0 saturated heterocycles. The maximum Gasteiger partial charge on any atom is 0.227 e. The number of carbonyl (C=O) groups excluding carboxylic acids is 1. The number of nitrogens with one attached hydrogen (secondary N) is 1. The molecule has 0 atom stereocenters. The molecule has 1 saturated carbocycles. The Morgan fingerprint density at radius 1 is 1.28 bits per heavy atom. The Kier molecular flexibility index (Phi) is 4.19. The van der Waals surface area contributed by atoms with E-state index in [2.05, 4.69) is 5.32 Å². The minimum atomic E-state index is -0.455. The van der Waals surface area contributed by atoms with Crippen molar-refractivity contribution in [2.75, 3.05) is 5.32 Å². The molecular formula is C13H16ClFN2O. The van der Waals surface area contributed by atoms with Gasteiger partial charge in [-0.05, 0) is 43.9 Å². The first kappa shape index (κ1) is 13.3. The molecule has 1 fully saturated rings. The highest BCUT2D eigenvalue weighted by atomic mass is 35.5. The van der Waals surface area contributed by atoms with Crippen LogP contribution in [0, 0.1) is 11.7 Å². The van der Waals surface area contributed by atoms with Crippen molar-refractivity contribution in [1.29, 1.82) is 0 Å². The van der Waals surface area contributed by atoms with Gasteiger partial charge in [-0.25, -0.2) is 4.39 Å². The molecule has 18 heavy (non-hydrogen) atoms. The quantitative estimate of drug-likeness (QED) is 0.868. The lowest BCUT2D eigenvalue weighted by atomic mass is 9.86. The van der Waals surface area contributed by atoms with Crippen LogP contribution in [0.3, 0.4) is 0 Å². The van der Waals surface area contributed by atoms with Crippen molar-refractivity contribution >= 4 is 23.2 Å². The standard InChI is InChI=1S/C13H16ClFN2O/c14-9-5-10(15)7-12(6-9)17-13(18)8-1-3-11(16)4-2-8/h5-8,11H,1-4,16H2,(H,17,18). The van der Waals surface area contributed by atoms with E-state index in [9.17, 15) is 9.18 Å². The van der Waals surface area contributed by atoms with E-state index in [1.165, 1.54) is 18.2 Å². The fraction of sp³-hybridized carbons (Fsp3) is 0.462. The summed E-state index contributed by atoms with van der Waals surface area (Å²) in [6.07, 6.45) is 3.30. The monoisotopic (exact) mass is 270 g/mol. The zero-order valence-corrected chi connectivity index (χ0v) is 10.7. The first-order chi connectivity index (χ1) is 8.54. The van der Waals surface area contributed by atoms with Gasteiger partial charge in [-0.15, -0.1) is 0 Å². The Balaban J connectivity index is 1.98. The minimum absolute atomic E-state index is 0.0353. The number of rotatable bonds is 2. The van der Waals surface area contributed by atoms with Crippen molar-refractivity contribution in [3.63, 3.8) is 0 Å². The second-order valence-electron chi connectivity index (χ2n) is 4.76. The summed E-state index contributed by atoms with van der Waals surface area (Å²) in [5.41, 5.74) is 6.19. The number of hydrogen-bond acceptors (Lipinski definition) is 2. The maximum atomic E-state index is 13.1. The Labute approximate surface area is 111 Å². The van der Waals surface area contributed by atoms with E-state index >= 15 is 0 Å². The van der Waals surface area contributed by atoms with Gasteiger partial charge < -0.3 is 11.1 Å². The molecule has 5 heteroatoms. The average Bonchev–Trinajstić information content (AvgIpc) is 2.28. The predicted molar refractivity (Wildman–Crippen MR) is 70.0 cm³/mol. The van der Waals surface area contributed by atoms with Crippen molar-refractivity contribution in [3.8, 4) is 0 Å². The highest BCUT2D eigenvalue weighted by molar-refractivity contribution is 6.30. The van der Waals surface area contributed by atoms with Gasteiger partial charge in [0, 0.05) is 22.7 Å². The summed E-state index contributed by atoms with van der Waals surface area (Å²) in [5, 5.41) is 2.98. The number of nitrogens with two attached hydrogens (primary N) is 1. The zero-order valence-electron chi connectivity index (χ0n) is 9.96. The number of hydrogen-bond donors (Lipinski definition) is 2. The normalized spacial score (nSPS) is 23.7. The third kappa shape index (κ3) is 3.43. The van der Waals surface area contributed by atoms with Gasteiger partial charge >= 0.3 is 0 Å². The smallest absolute Gasteiger partial charge is 0.227 e. The molecule has 0 spiro atoms. The Hall–Kier alpha value is -1.13. The van der Waals surface area contributed by atoms with E-state index in [0.29, 0.717) is 5.69 Å². The van der Waals surface area contributed by atoms with Crippen LogP contribution in [0.2, 0.25) is 5.02 Å². The molecular weight excluding hydrogens is 255 g/mol. The number of halogens is 2. The fourth-order valence-corrected chi connectivity index (χ4v) is 2.47. The Bertz CT molecular complexity index is 424. The van der Waals surface area contributed by atoms with Crippen LogP contribution in [0.25, 0.3) is 0 Å².